The van der Waals surface area contributed by atoms with E-state index in [1.165, 1.54) is 11.3 Å². The fourth-order valence-corrected chi connectivity index (χ4v) is 3.64. The van der Waals surface area contributed by atoms with Gasteiger partial charge in [-0.1, -0.05) is 23.2 Å². The Morgan fingerprint density at radius 1 is 1.33 bits per heavy atom. The molecule has 80 valence electrons. The van der Waals surface area contributed by atoms with Gasteiger partial charge in [0.2, 0.25) is 0 Å². The minimum absolute atomic E-state index is 0.554. The minimum Gasteiger partial charge on any atom is -0.384 e. The van der Waals surface area contributed by atoms with Crippen molar-refractivity contribution in [3.05, 3.63) is 42.2 Å². The van der Waals surface area contributed by atoms with Crippen molar-refractivity contribution in [1.82, 2.24) is 0 Å². The SMILES string of the molecule is Cc1sccc1C(O)c1cc(Cl)sc1Cl. The van der Waals surface area contributed by atoms with E-state index in [1.54, 1.807) is 17.4 Å². The summed E-state index contributed by atoms with van der Waals surface area (Å²) in [6, 6.07) is 3.63. The number of hydrogen-bond donors (Lipinski definition) is 1. The first-order valence-electron chi connectivity index (χ1n) is 4.26. The monoisotopic (exact) mass is 278 g/mol. The van der Waals surface area contributed by atoms with Crippen LogP contribution in [0.25, 0.3) is 0 Å². The van der Waals surface area contributed by atoms with E-state index in [4.69, 9.17) is 23.2 Å². The highest BCUT2D eigenvalue weighted by Crippen LogP contribution is 2.38. The molecule has 0 aromatic carbocycles. The lowest BCUT2D eigenvalue weighted by molar-refractivity contribution is 0.221. The van der Waals surface area contributed by atoms with Crippen LogP contribution in [0.3, 0.4) is 0 Å². The van der Waals surface area contributed by atoms with E-state index in [1.807, 2.05) is 18.4 Å². The zero-order valence-electron chi connectivity index (χ0n) is 7.83. The van der Waals surface area contributed by atoms with Gasteiger partial charge in [0.05, 0.1) is 4.34 Å². The average Bonchev–Trinajstić information content (AvgIpc) is 2.71. The quantitative estimate of drug-likeness (QED) is 0.857. The van der Waals surface area contributed by atoms with Crippen molar-refractivity contribution in [2.45, 2.75) is 13.0 Å². The molecule has 0 aliphatic carbocycles. The van der Waals surface area contributed by atoms with Gasteiger partial charge in [0.25, 0.3) is 0 Å². The standard InChI is InChI=1S/C10H8Cl2OS2/c1-5-6(2-3-14-5)9(13)7-4-8(11)15-10(7)12/h2-4,9,13H,1H3. The molecule has 1 unspecified atom stereocenters. The van der Waals surface area contributed by atoms with Crippen LogP contribution >= 0.6 is 45.9 Å². The number of aliphatic hydroxyl groups is 1. The molecule has 0 aliphatic heterocycles. The maximum absolute atomic E-state index is 10.1. The van der Waals surface area contributed by atoms with E-state index in [0.29, 0.717) is 14.2 Å². The zero-order valence-corrected chi connectivity index (χ0v) is 11.0. The number of rotatable bonds is 2. The molecule has 0 bridgehead atoms. The Hall–Kier alpha value is -0.0600. The van der Waals surface area contributed by atoms with Crippen molar-refractivity contribution in [2.75, 3.05) is 0 Å². The minimum atomic E-state index is -0.674. The van der Waals surface area contributed by atoms with E-state index in [9.17, 15) is 5.11 Å². The third-order valence-corrected chi connectivity index (χ3v) is 4.55. The summed E-state index contributed by atoms with van der Waals surface area (Å²) in [5, 5.41) is 12.1. The van der Waals surface area contributed by atoms with Crippen LogP contribution in [-0.4, -0.2) is 5.11 Å². The van der Waals surface area contributed by atoms with Crippen molar-refractivity contribution < 1.29 is 5.11 Å². The van der Waals surface area contributed by atoms with Gasteiger partial charge in [0.15, 0.2) is 0 Å². The zero-order chi connectivity index (χ0) is 11.0. The smallest absolute Gasteiger partial charge is 0.107 e. The second-order valence-corrected chi connectivity index (χ2v) is 6.52. The lowest BCUT2D eigenvalue weighted by atomic mass is 10.1. The molecule has 2 heterocycles. The van der Waals surface area contributed by atoms with Crippen LogP contribution in [0.1, 0.15) is 22.1 Å². The highest BCUT2D eigenvalue weighted by molar-refractivity contribution is 7.20. The van der Waals surface area contributed by atoms with Gasteiger partial charge in [-0.3, -0.25) is 0 Å². The fourth-order valence-electron chi connectivity index (χ4n) is 1.39. The molecule has 2 aromatic heterocycles. The molecule has 0 fully saturated rings. The third-order valence-electron chi connectivity index (χ3n) is 2.17. The molecule has 0 aliphatic rings. The number of halogens is 2. The Bertz CT molecular complexity index is 475. The van der Waals surface area contributed by atoms with Crippen LogP contribution in [0.2, 0.25) is 8.67 Å². The summed E-state index contributed by atoms with van der Waals surface area (Å²) in [7, 11) is 0. The van der Waals surface area contributed by atoms with Gasteiger partial charge in [-0.05, 0) is 30.0 Å². The maximum Gasteiger partial charge on any atom is 0.107 e. The highest BCUT2D eigenvalue weighted by atomic mass is 35.5. The largest absolute Gasteiger partial charge is 0.384 e. The first kappa shape index (κ1) is 11.4. The van der Waals surface area contributed by atoms with Gasteiger partial charge < -0.3 is 5.11 Å². The van der Waals surface area contributed by atoms with Crippen LogP contribution in [-0.2, 0) is 0 Å². The molecule has 0 spiro atoms. The van der Waals surface area contributed by atoms with Gasteiger partial charge in [-0.15, -0.1) is 22.7 Å². The third kappa shape index (κ3) is 2.22. The normalized spacial score (nSPS) is 13.1. The molecule has 1 atom stereocenters. The molecular weight excluding hydrogens is 271 g/mol. The molecule has 0 amide bonds. The number of aryl methyl sites for hydroxylation is 1. The van der Waals surface area contributed by atoms with Crippen molar-refractivity contribution in [1.29, 1.82) is 0 Å². The topological polar surface area (TPSA) is 20.2 Å². The Balaban J connectivity index is 2.40. The molecule has 0 saturated carbocycles. The van der Waals surface area contributed by atoms with Crippen LogP contribution in [0.4, 0.5) is 0 Å². The Morgan fingerprint density at radius 3 is 2.53 bits per heavy atom. The molecule has 15 heavy (non-hydrogen) atoms. The van der Waals surface area contributed by atoms with Gasteiger partial charge in [-0.25, -0.2) is 0 Å². The second-order valence-electron chi connectivity index (χ2n) is 3.11. The van der Waals surface area contributed by atoms with E-state index in [0.717, 1.165) is 10.4 Å². The van der Waals surface area contributed by atoms with Crippen LogP contribution < -0.4 is 0 Å². The van der Waals surface area contributed by atoms with Gasteiger partial charge in [0.1, 0.15) is 10.4 Å². The average molecular weight is 279 g/mol. The lowest BCUT2D eigenvalue weighted by Crippen LogP contribution is -1.98. The van der Waals surface area contributed by atoms with E-state index in [-0.39, 0.29) is 0 Å². The van der Waals surface area contributed by atoms with Crippen molar-refractivity contribution in [3.8, 4) is 0 Å². The fraction of sp³-hybridized carbons (Fsp3) is 0.200. The van der Waals surface area contributed by atoms with E-state index >= 15 is 0 Å². The van der Waals surface area contributed by atoms with Gasteiger partial charge in [-0.2, -0.15) is 0 Å². The predicted molar refractivity (Wildman–Crippen MR) is 67.5 cm³/mol. The number of thiophene rings is 2. The molecule has 1 N–H and O–H groups in total. The molecule has 5 heteroatoms. The van der Waals surface area contributed by atoms with Crippen LogP contribution in [0.15, 0.2) is 17.5 Å². The Kier molecular flexibility index (Phi) is 3.38. The summed E-state index contributed by atoms with van der Waals surface area (Å²) in [5.74, 6) is 0. The number of hydrogen-bond acceptors (Lipinski definition) is 3. The summed E-state index contributed by atoms with van der Waals surface area (Å²) >= 11 is 14.7. The lowest BCUT2D eigenvalue weighted by Gasteiger charge is -2.08. The Labute approximate surface area is 106 Å². The first-order valence-corrected chi connectivity index (χ1v) is 6.71. The van der Waals surface area contributed by atoms with Crippen molar-refractivity contribution in [3.63, 3.8) is 0 Å². The van der Waals surface area contributed by atoms with Gasteiger partial charge in [0, 0.05) is 10.4 Å². The van der Waals surface area contributed by atoms with Crippen molar-refractivity contribution >= 4 is 45.9 Å². The molecule has 2 rings (SSSR count). The van der Waals surface area contributed by atoms with E-state index < -0.39 is 6.10 Å². The summed E-state index contributed by atoms with van der Waals surface area (Å²) in [6.45, 7) is 1.98. The summed E-state index contributed by atoms with van der Waals surface area (Å²) < 4.78 is 1.15. The van der Waals surface area contributed by atoms with Crippen LogP contribution in [0, 0.1) is 6.92 Å². The molecule has 2 aromatic rings. The van der Waals surface area contributed by atoms with Crippen LogP contribution in [0.5, 0.6) is 0 Å². The number of aliphatic hydroxyl groups excluding tert-OH is 1. The summed E-state index contributed by atoms with van der Waals surface area (Å²) in [4.78, 5) is 1.10. The molecular formula is C10H8Cl2OS2. The molecule has 0 saturated heterocycles. The Morgan fingerprint density at radius 2 is 2.07 bits per heavy atom. The molecule has 0 radical (unpaired) electrons. The maximum atomic E-state index is 10.1. The van der Waals surface area contributed by atoms with Crippen molar-refractivity contribution in [2.24, 2.45) is 0 Å². The first-order chi connectivity index (χ1) is 7.09. The second kappa shape index (κ2) is 4.44. The summed E-state index contributed by atoms with van der Waals surface area (Å²) in [6.07, 6.45) is -0.674. The predicted octanol–water partition coefficient (Wildman–Crippen LogP) is 4.51. The molecule has 1 nitrogen and oxygen atoms in total. The van der Waals surface area contributed by atoms with Gasteiger partial charge >= 0.3 is 0 Å². The summed E-state index contributed by atoms with van der Waals surface area (Å²) in [5.41, 5.74) is 1.59. The highest BCUT2D eigenvalue weighted by Gasteiger charge is 2.18. The van der Waals surface area contributed by atoms with E-state index in [2.05, 4.69) is 0 Å².